The van der Waals surface area contributed by atoms with Crippen molar-refractivity contribution in [2.24, 2.45) is 10.7 Å². The van der Waals surface area contributed by atoms with Gasteiger partial charge in [-0.05, 0) is 42.8 Å². The quantitative estimate of drug-likeness (QED) is 0.382. The summed E-state index contributed by atoms with van der Waals surface area (Å²) in [5.41, 5.74) is 8.27. The van der Waals surface area contributed by atoms with Crippen LogP contribution in [-0.4, -0.2) is 68.8 Å². The zero-order valence-corrected chi connectivity index (χ0v) is 17.3. The molecule has 2 aromatic rings. The molecule has 29 heavy (non-hydrogen) atoms. The van der Waals surface area contributed by atoms with Crippen LogP contribution in [0.4, 0.5) is 5.69 Å². The molecule has 156 valence electrons. The number of anilines is 1. The molecule has 1 saturated heterocycles. The number of benzene rings is 1. The second kappa shape index (κ2) is 11.3. The topological polar surface area (TPSA) is 79.0 Å². The lowest BCUT2D eigenvalue weighted by Crippen LogP contribution is -2.46. The molecule has 0 atom stereocenters. The lowest BCUT2D eigenvalue weighted by atomic mass is 10.2. The fourth-order valence-electron chi connectivity index (χ4n) is 3.44. The number of piperazine rings is 1. The Kier molecular flexibility index (Phi) is 8.12. The van der Waals surface area contributed by atoms with Gasteiger partial charge in [0.2, 0.25) is 0 Å². The van der Waals surface area contributed by atoms with E-state index >= 15 is 0 Å². The third kappa shape index (κ3) is 6.94. The highest BCUT2D eigenvalue weighted by Crippen LogP contribution is 2.20. The van der Waals surface area contributed by atoms with Crippen LogP contribution in [-0.2, 0) is 6.42 Å². The molecular weight excluding hydrogens is 364 g/mol. The van der Waals surface area contributed by atoms with Crippen LogP contribution in [0.3, 0.4) is 0 Å². The number of guanidine groups is 1. The first-order chi connectivity index (χ1) is 14.2. The maximum atomic E-state index is 5.95. The fraction of sp³-hybridized carbons (Fsp3) is 0.455. The van der Waals surface area contributed by atoms with E-state index in [-0.39, 0.29) is 0 Å². The molecule has 2 heterocycles. The summed E-state index contributed by atoms with van der Waals surface area (Å²) in [5.74, 6) is 1.42. The molecule has 7 nitrogen and oxygen atoms in total. The maximum absolute atomic E-state index is 5.95. The van der Waals surface area contributed by atoms with E-state index in [2.05, 4.69) is 37.2 Å². The highest BCUT2D eigenvalue weighted by molar-refractivity contribution is 5.77. The van der Waals surface area contributed by atoms with Crippen molar-refractivity contribution in [1.82, 2.24) is 15.2 Å². The number of methoxy groups -OCH3 is 1. The number of aliphatic imine (C=N–C) groups is 1. The predicted octanol–water partition coefficient (Wildman–Crippen LogP) is 1.75. The van der Waals surface area contributed by atoms with Crippen molar-refractivity contribution in [2.75, 3.05) is 57.8 Å². The summed E-state index contributed by atoms with van der Waals surface area (Å²) >= 11 is 0. The van der Waals surface area contributed by atoms with Crippen LogP contribution < -0.4 is 20.7 Å². The minimum absolute atomic E-state index is 0.519. The van der Waals surface area contributed by atoms with Gasteiger partial charge >= 0.3 is 0 Å². The van der Waals surface area contributed by atoms with Gasteiger partial charge in [-0.3, -0.25) is 14.9 Å². The van der Waals surface area contributed by atoms with E-state index in [1.165, 1.54) is 5.69 Å². The molecule has 0 saturated carbocycles. The van der Waals surface area contributed by atoms with Gasteiger partial charge in [0.05, 0.1) is 7.11 Å². The van der Waals surface area contributed by atoms with Gasteiger partial charge in [0.25, 0.3) is 0 Å². The number of hydrogen-bond donors (Lipinski definition) is 2. The second-order valence-electron chi connectivity index (χ2n) is 7.15. The van der Waals surface area contributed by atoms with Gasteiger partial charge in [0, 0.05) is 69.8 Å². The van der Waals surface area contributed by atoms with Gasteiger partial charge < -0.3 is 20.7 Å². The van der Waals surface area contributed by atoms with Crippen molar-refractivity contribution in [3.63, 3.8) is 0 Å². The average Bonchev–Trinajstić information content (AvgIpc) is 2.78. The highest BCUT2D eigenvalue weighted by Gasteiger charge is 2.16. The molecule has 1 aliphatic heterocycles. The molecule has 0 amide bonds. The SMILES string of the molecule is COc1ccc(N2CCN(CCCN=C(N)NCCc3ccccn3)CC2)cc1. The summed E-state index contributed by atoms with van der Waals surface area (Å²) in [6, 6.07) is 14.2. The molecule has 1 fully saturated rings. The van der Waals surface area contributed by atoms with Gasteiger partial charge in [-0.2, -0.15) is 0 Å². The Hall–Kier alpha value is -2.80. The minimum Gasteiger partial charge on any atom is -0.497 e. The summed E-state index contributed by atoms with van der Waals surface area (Å²) in [6.45, 7) is 6.81. The zero-order valence-electron chi connectivity index (χ0n) is 17.3. The molecule has 1 aromatic heterocycles. The summed E-state index contributed by atoms with van der Waals surface area (Å²) in [6.07, 6.45) is 3.67. The molecule has 0 radical (unpaired) electrons. The summed E-state index contributed by atoms with van der Waals surface area (Å²) in [5, 5.41) is 3.16. The van der Waals surface area contributed by atoms with Crippen molar-refractivity contribution in [1.29, 1.82) is 0 Å². The fourth-order valence-corrected chi connectivity index (χ4v) is 3.44. The third-order valence-corrected chi connectivity index (χ3v) is 5.14. The number of hydrogen-bond acceptors (Lipinski definition) is 5. The van der Waals surface area contributed by atoms with Crippen LogP contribution >= 0.6 is 0 Å². The number of pyridine rings is 1. The van der Waals surface area contributed by atoms with Crippen molar-refractivity contribution < 1.29 is 4.74 Å². The Morgan fingerprint density at radius 3 is 2.62 bits per heavy atom. The Morgan fingerprint density at radius 1 is 1.14 bits per heavy atom. The van der Waals surface area contributed by atoms with Crippen LogP contribution in [0.2, 0.25) is 0 Å². The van der Waals surface area contributed by atoms with Gasteiger partial charge in [-0.15, -0.1) is 0 Å². The molecular formula is C22H32N6O. The van der Waals surface area contributed by atoms with Gasteiger partial charge in [0.15, 0.2) is 5.96 Å². The molecule has 3 N–H and O–H groups in total. The summed E-state index contributed by atoms with van der Waals surface area (Å²) in [4.78, 5) is 13.7. The van der Waals surface area contributed by atoms with Crippen LogP contribution in [0, 0.1) is 0 Å². The molecule has 0 spiro atoms. The van der Waals surface area contributed by atoms with Crippen molar-refractivity contribution in [3.05, 3.63) is 54.4 Å². The summed E-state index contributed by atoms with van der Waals surface area (Å²) < 4.78 is 5.23. The van der Waals surface area contributed by atoms with Crippen LogP contribution in [0.5, 0.6) is 5.75 Å². The molecule has 0 bridgehead atoms. The second-order valence-corrected chi connectivity index (χ2v) is 7.15. The van der Waals surface area contributed by atoms with E-state index in [1.54, 1.807) is 7.11 Å². The monoisotopic (exact) mass is 396 g/mol. The summed E-state index contributed by atoms with van der Waals surface area (Å²) in [7, 11) is 1.70. The van der Waals surface area contributed by atoms with Crippen molar-refractivity contribution >= 4 is 11.6 Å². The third-order valence-electron chi connectivity index (χ3n) is 5.14. The molecule has 1 aromatic carbocycles. The molecule has 3 rings (SSSR count). The number of nitrogens with zero attached hydrogens (tertiary/aromatic N) is 4. The number of ether oxygens (including phenoxy) is 1. The Balaban J connectivity index is 1.28. The lowest BCUT2D eigenvalue weighted by molar-refractivity contribution is 0.256. The first-order valence-corrected chi connectivity index (χ1v) is 10.3. The first kappa shape index (κ1) is 20.9. The first-order valence-electron chi connectivity index (χ1n) is 10.3. The van der Waals surface area contributed by atoms with E-state index in [9.17, 15) is 0 Å². The normalized spacial score (nSPS) is 15.3. The largest absolute Gasteiger partial charge is 0.497 e. The molecule has 7 heteroatoms. The maximum Gasteiger partial charge on any atom is 0.188 e. The van der Waals surface area contributed by atoms with Crippen molar-refractivity contribution in [3.8, 4) is 5.75 Å². The van der Waals surface area contributed by atoms with E-state index in [1.807, 2.05) is 36.5 Å². The van der Waals surface area contributed by atoms with Gasteiger partial charge in [0.1, 0.15) is 5.75 Å². The van der Waals surface area contributed by atoms with Crippen molar-refractivity contribution in [2.45, 2.75) is 12.8 Å². The molecule has 0 unspecified atom stereocenters. The van der Waals surface area contributed by atoms with E-state index in [0.29, 0.717) is 5.96 Å². The van der Waals surface area contributed by atoms with Gasteiger partial charge in [-0.25, -0.2) is 0 Å². The van der Waals surface area contributed by atoms with Crippen LogP contribution in [0.1, 0.15) is 12.1 Å². The molecule has 1 aliphatic rings. The Labute approximate surface area is 173 Å². The smallest absolute Gasteiger partial charge is 0.188 e. The van der Waals surface area contributed by atoms with Crippen LogP contribution in [0.25, 0.3) is 0 Å². The van der Waals surface area contributed by atoms with E-state index < -0.39 is 0 Å². The minimum atomic E-state index is 0.519. The van der Waals surface area contributed by atoms with Crippen LogP contribution in [0.15, 0.2) is 53.7 Å². The molecule has 0 aliphatic carbocycles. The van der Waals surface area contributed by atoms with Gasteiger partial charge in [-0.1, -0.05) is 6.07 Å². The number of nitrogens with two attached hydrogens (primary N) is 1. The average molecular weight is 397 g/mol. The number of aromatic nitrogens is 1. The standard InChI is InChI=1S/C22H32N6O/c1-29-21-8-6-20(7-9-21)28-17-15-27(16-18-28)14-4-12-25-22(23)26-13-10-19-5-2-3-11-24-19/h2-3,5-9,11H,4,10,12-18H2,1H3,(H3,23,25,26). The highest BCUT2D eigenvalue weighted by atomic mass is 16.5. The van der Waals surface area contributed by atoms with E-state index in [0.717, 1.165) is 70.1 Å². The van der Waals surface area contributed by atoms with E-state index in [4.69, 9.17) is 10.5 Å². The number of nitrogens with one attached hydrogen (secondary N) is 1. The lowest BCUT2D eigenvalue weighted by Gasteiger charge is -2.36. The Bertz CT molecular complexity index is 742. The predicted molar refractivity (Wildman–Crippen MR) is 119 cm³/mol. The number of rotatable bonds is 9. The zero-order chi connectivity index (χ0) is 20.3. The Morgan fingerprint density at radius 2 is 1.93 bits per heavy atom.